The number of fused-ring (bicyclic) bond motifs is 1. The topological polar surface area (TPSA) is 71.3 Å². The fraction of sp³-hybridized carbons (Fsp3) is 0.294. The minimum absolute atomic E-state index is 0.308. The van der Waals surface area contributed by atoms with Gasteiger partial charge < -0.3 is 14.8 Å². The van der Waals surface area contributed by atoms with E-state index >= 15 is 0 Å². The number of nitrogens with one attached hydrogen (secondary N) is 1. The molecule has 0 atom stereocenters. The summed E-state index contributed by atoms with van der Waals surface area (Å²) < 4.78 is 10.5. The van der Waals surface area contributed by atoms with E-state index in [-0.39, 0.29) is 5.91 Å². The summed E-state index contributed by atoms with van der Waals surface area (Å²) in [6.45, 7) is 0. The Morgan fingerprint density at radius 2 is 2.13 bits per heavy atom. The first-order valence-electron chi connectivity index (χ1n) is 7.26. The average Bonchev–Trinajstić information content (AvgIpc) is 3.14. The van der Waals surface area contributed by atoms with Crippen LogP contribution in [0.3, 0.4) is 0 Å². The third-order valence-electron chi connectivity index (χ3n) is 3.91. The number of anilines is 1. The highest BCUT2D eigenvalue weighted by Crippen LogP contribution is 2.39. The minimum atomic E-state index is -0.308. The van der Waals surface area contributed by atoms with Gasteiger partial charge in [-0.05, 0) is 37.0 Å². The van der Waals surface area contributed by atoms with Gasteiger partial charge in [0.05, 0.1) is 25.3 Å². The first-order chi connectivity index (χ1) is 11.2. The number of ether oxygens (including phenoxy) is 2. The second-order valence-corrected chi connectivity index (χ2v) is 6.27. The lowest BCUT2D eigenvalue weighted by atomic mass is 10.1. The Bertz CT molecular complexity index is 805. The van der Waals surface area contributed by atoms with E-state index in [4.69, 9.17) is 9.47 Å². The second kappa shape index (κ2) is 6.31. The fourth-order valence-electron chi connectivity index (χ4n) is 2.85. The SMILES string of the molecule is COc1cccc(C(=O)Nc2sc3c(c2C#N)CCC3)c1OC. The van der Waals surface area contributed by atoms with Crippen LogP contribution >= 0.6 is 11.3 Å². The van der Waals surface area contributed by atoms with Crippen molar-refractivity contribution in [2.24, 2.45) is 0 Å². The van der Waals surface area contributed by atoms with E-state index < -0.39 is 0 Å². The summed E-state index contributed by atoms with van der Waals surface area (Å²) in [4.78, 5) is 13.8. The Morgan fingerprint density at radius 1 is 1.30 bits per heavy atom. The first-order valence-corrected chi connectivity index (χ1v) is 8.08. The van der Waals surface area contributed by atoms with Gasteiger partial charge in [-0.25, -0.2) is 0 Å². The van der Waals surface area contributed by atoms with Gasteiger partial charge in [-0.2, -0.15) is 5.26 Å². The summed E-state index contributed by atoms with van der Waals surface area (Å²) in [6, 6.07) is 7.36. The number of para-hydroxylation sites is 1. The number of amides is 1. The molecular weight excluding hydrogens is 312 g/mol. The monoisotopic (exact) mass is 328 g/mol. The standard InChI is InChI=1S/C17H16N2O3S/c1-21-13-7-3-6-11(15(13)22-2)16(20)19-17-12(9-18)10-5-4-8-14(10)23-17/h3,6-7H,4-5,8H2,1-2H3,(H,19,20). The van der Waals surface area contributed by atoms with Crippen LogP contribution in [-0.4, -0.2) is 20.1 Å². The lowest BCUT2D eigenvalue weighted by Gasteiger charge is -2.12. The zero-order valence-corrected chi connectivity index (χ0v) is 13.8. The van der Waals surface area contributed by atoms with Crippen molar-refractivity contribution in [1.82, 2.24) is 0 Å². The quantitative estimate of drug-likeness (QED) is 0.934. The third-order valence-corrected chi connectivity index (χ3v) is 5.11. The molecule has 0 bridgehead atoms. The van der Waals surface area contributed by atoms with Gasteiger partial charge in [0, 0.05) is 4.88 Å². The summed E-state index contributed by atoms with van der Waals surface area (Å²) in [5, 5.41) is 12.9. The molecule has 3 rings (SSSR count). The molecule has 0 saturated carbocycles. The molecule has 5 nitrogen and oxygen atoms in total. The van der Waals surface area contributed by atoms with Gasteiger partial charge in [0.1, 0.15) is 11.1 Å². The molecule has 6 heteroatoms. The Labute approximate surface area is 138 Å². The summed E-state index contributed by atoms with van der Waals surface area (Å²) in [5.74, 6) is 0.571. The average molecular weight is 328 g/mol. The van der Waals surface area contributed by atoms with E-state index in [0.717, 1.165) is 24.8 Å². The number of methoxy groups -OCH3 is 2. The number of thiophene rings is 1. The molecule has 118 valence electrons. The van der Waals surface area contributed by atoms with Crippen molar-refractivity contribution >= 4 is 22.2 Å². The van der Waals surface area contributed by atoms with Crippen molar-refractivity contribution in [3.8, 4) is 17.6 Å². The highest BCUT2D eigenvalue weighted by Gasteiger charge is 2.24. The molecule has 0 fully saturated rings. The highest BCUT2D eigenvalue weighted by atomic mass is 32.1. The molecule has 0 aliphatic heterocycles. The smallest absolute Gasteiger partial charge is 0.260 e. The number of nitriles is 1. The van der Waals surface area contributed by atoms with Crippen molar-refractivity contribution in [2.75, 3.05) is 19.5 Å². The molecular formula is C17H16N2O3S. The van der Waals surface area contributed by atoms with Crippen LogP contribution in [0.1, 0.15) is 32.8 Å². The van der Waals surface area contributed by atoms with E-state index in [0.29, 0.717) is 27.6 Å². The number of hydrogen-bond donors (Lipinski definition) is 1. The summed E-state index contributed by atoms with van der Waals surface area (Å²) in [7, 11) is 3.02. The molecule has 1 heterocycles. The molecule has 0 radical (unpaired) electrons. The van der Waals surface area contributed by atoms with Gasteiger partial charge in [0.15, 0.2) is 11.5 Å². The zero-order chi connectivity index (χ0) is 16.4. The van der Waals surface area contributed by atoms with Gasteiger partial charge in [0.25, 0.3) is 5.91 Å². The largest absolute Gasteiger partial charge is 0.493 e. The normalized spacial score (nSPS) is 12.4. The Hall–Kier alpha value is -2.52. The molecule has 1 aliphatic carbocycles. The minimum Gasteiger partial charge on any atom is -0.493 e. The van der Waals surface area contributed by atoms with Crippen molar-refractivity contribution in [3.05, 3.63) is 39.8 Å². The van der Waals surface area contributed by atoms with E-state index in [1.165, 1.54) is 30.4 Å². The van der Waals surface area contributed by atoms with Gasteiger partial charge in [-0.1, -0.05) is 6.07 Å². The number of benzene rings is 1. The van der Waals surface area contributed by atoms with Crippen LogP contribution in [0, 0.1) is 11.3 Å². The number of rotatable bonds is 4. The molecule has 0 saturated heterocycles. The Kier molecular flexibility index (Phi) is 4.22. The molecule has 1 aromatic heterocycles. The summed E-state index contributed by atoms with van der Waals surface area (Å²) >= 11 is 1.49. The number of aryl methyl sites for hydroxylation is 1. The van der Waals surface area contributed by atoms with Gasteiger partial charge in [-0.3, -0.25) is 4.79 Å². The summed E-state index contributed by atoms with van der Waals surface area (Å²) in [5.41, 5.74) is 2.06. The van der Waals surface area contributed by atoms with E-state index in [1.54, 1.807) is 18.2 Å². The van der Waals surface area contributed by atoms with Gasteiger partial charge in [0.2, 0.25) is 0 Å². The number of carbonyl (C=O) groups is 1. The predicted octanol–water partition coefficient (Wildman–Crippen LogP) is 3.38. The molecule has 1 aromatic carbocycles. The third kappa shape index (κ3) is 2.64. The predicted molar refractivity (Wildman–Crippen MR) is 88.6 cm³/mol. The highest BCUT2D eigenvalue weighted by molar-refractivity contribution is 7.16. The van der Waals surface area contributed by atoms with Crippen LogP contribution < -0.4 is 14.8 Å². The van der Waals surface area contributed by atoms with Crippen molar-refractivity contribution in [1.29, 1.82) is 5.26 Å². The molecule has 23 heavy (non-hydrogen) atoms. The molecule has 0 unspecified atom stereocenters. The van der Waals surface area contributed by atoms with Crippen LogP contribution in [0.2, 0.25) is 0 Å². The number of nitrogens with zero attached hydrogens (tertiary/aromatic N) is 1. The molecule has 1 aliphatic rings. The van der Waals surface area contributed by atoms with Crippen molar-refractivity contribution < 1.29 is 14.3 Å². The molecule has 1 N–H and O–H groups in total. The van der Waals surface area contributed by atoms with Crippen LogP contribution in [-0.2, 0) is 12.8 Å². The molecule has 2 aromatic rings. The van der Waals surface area contributed by atoms with Crippen LogP contribution in [0.25, 0.3) is 0 Å². The summed E-state index contributed by atoms with van der Waals surface area (Å²) in [6.07, 6.45) is 2.97. The lowest BCUT2D eigenvalue weighted by molar-refractivity contribution is 0.102. The number of hydrogen-bond acceptors (Lipinski definition) is 5. The van der Waals surface area contributed by atoms with Gasteiger partial charge >= 0.3 is 0 Å². The Balaban J connectivity index is 1.93. The maximum Gasteiger partial charge on any atom is 0.260 e. The fourth-order valence-corrected chi connectivity index (χ4v) is 4.08. The number of carbonyl (C=O) groups excluding carboxylic acids is 1. The van der Waals surface area contributed by atoms with Crippen molar-refractivity contribution in [2.45, 2.75) is 19.3 Å². The van der Waals surface area contributed by atoms with E-state index in [9.17, 15) is 10.1 Å². The first kappa shape index (κ1) is 15.4. The maximum atomic E-state index is 12.6. The lowest BCUT2D eigenvalue weighted by Crippen LogP contribution is -2.13. The second-order valence-electron chi connectivity index (χ2n) is 5.17. The van der Waals surface area contributed by atoms with Crippen LogP contribution in [0.5, 0.6) is 11.5 Å². The van der Waals surface area contributed by atoms with Crippen LogP contribution in [0.4, 0.5) is 5.00 Å². The zero-order valence-electron chi connectivity index (χ0n) is 12.9. The van der Waals surface area contributed by atoms with E-state index in [1.807, 2.05) is 0 Å². The van der Waals surface area contributed by atoms with Crippen LogP contribution in [0.15, 0.2) is 18.2 Å². The molecule has 1 amide bonds. The maximum absolute atomic E-state index is 12.6. The Morgan fingerprint density at radius 3 is 2.83 bits per heavy atom. The van der Waals surface area contributed by atoms with Crippen molar-refractivity contribution in [3.63, 3.8) is 0 Å². The van der Waals surface area contributed by atoms with Gasteiger partial charge in [-0.15, -0.1) is 11.3 Å². The van der Waals surface area contributed by atoms with E-state index in [2.05, 4.69) is 11.4 Å². The molecule has 0 spiro atoms.